The van der Waals surface area contributed by atoms with Crippen LogP contribution in [0.4, 0.5) is 5.69 Å². The number of para-hydroxylation sites is 1. The Balaban J connectivity index is 2.09. The molecule has 0 bridgehead atoms. The van der Waals surface area contributed by atoms with Gasteiger partial charge in [0.15, 0.2) is 5.78 Å². The molecule has 2 N–H and O–H groups in total. The molecule has 0 aliphatic heterocycles. The zero-order chi connectivity index (χ0) is 14.1. The standard InChI is InChI=1S/C17H14N2O/c1-11-6-7-12-10-13(8-9-16(12)19-11)17(20)14-4-2-3-5-15(14)18/h2-10H,18H2,1H3. The van der Waals surface area contributed by atoms with Crippen molar-refractivity contribution in [3.63, 3.8) is 0 Å². The van der Waals surface area contributed by atoms with Gasteiger partial charge in [-0.3, -0.25) is 9.78 Å². The van der Waals surface area contributed by atoms with E-state index in [1.165, 1.54) is 0 Å². The Morgan fingerprint density at radius 2 is 1.85 bits per heavy atom. The highest BCUT2D eigenvalue weighted by Crippen LogP contribution is 2.20. The number of benzene rings is 2. The molecule has 20 heavy (non-hydrogen) atoms. The summed E-state index contributed by atoms with van der Waals surface area (Å²) in [6, 6.07) is 16.5. The van der Waals surface area contributed by atoms with Crippen LogP contribution in [0, 0.1) is 6.92 Å². The summed E-state index contributed by atoms with van der Waals surface area (Å²) in [5.41, 5.74) is 9.37. The second-order valence-electron chi connectivity index (χ2n) is 4.78. The van der Waals surface area contributed by atoms with E-state index in [0.29, 0.717) is 16.8 Å². The second kappa shape index (κ2) is 4.78. The van der Waals surface area contributed by atoms with Crippen LogP contribution >= 0.6 is 0 Å². The zero-order valence-corrected chi connectivity index (χ0v) is 11.1. The first-order valence-electron chi connectivity index (χ1n) is 6.42. The summed E-state index contributed by atoms with van der Waals surface area (Å²) in [4.78, 5) is 16.9. The van der Waals surface area contributed by atoms with Gasteiger partial charge in [0.25, 0.3) is 0 Å². The Kier molecular flexibility index (Phi) is 2.95. The molecule has 1 aromatic heterocycles. The highest BCUT2D eigenvalue weighted by Gasteiger charge is 2.12. The van der Waals surface area contributed by atoms with Crippen LogP contribution in [0.2, 0.25) is 0 Å². The molecule has 0 aliphatic rings. The quantitative estimate of drug-likeness (QED) is 0.569. The normalized spacial score (nSPS) is 10.7. The Hall–Kier alpha value is -2.68. The van der Waals surface area contributed by atoms with Crippen LogP contribution in [0.15, 0.2) is 54.6 Å². The van der Waals surface area contributed by atoms with Crippen molar-refractivity contribution in [2.75, 3.05) is 5.73 Å². The number of hydrogen-bond donors (Lipinski definition) is 1. The topological polar surface area (TPSA) is 56.0 Å². The summed E-state index contributed by atoms with van der Waals surface area (Å²) in [5, 5.41) is 0.955. The van der Waals surface area contributed by atoms with Crippen LogP contribution in [0.25, 0.3) is 10.9 Å². The minimum atomic E-state index is -0.0643. The fourth-order valence-electron chi connectivity index (χ4n) is 2.23. The lowest BCUT2D eigenvalue weighted by Crippen LogP contribution is -2.05. The predicted molar refractivity (Wildman–Crippen MR) is 80.8 cm³/mol. The highest BCUT2D eigenvalue weighted by atomic mass is 16.1. The molecule has 0 aliphatic carbocycles. The number of rotatable bonds is 2. The summed E-state index contributed by atoms with van der Waals surface area (Å²) in [6.45, 7) is 1.95. The van der Waals surface area contributed by atoms with Gasteiger partial charge >= 0.3 is 0 Å². The molecule has 3 nitrogen and oxygen atoms in total. The SMILES string of the molecule is Cc1ccc2cc(C(=O)c3ccccc3N)ccc2n1. The Morgan fingerprint density at radius 1 is 1.05 bits per heavy atom. The van der Waals surface area contributed by atoms with Crippen LogP contribution < -0.4 is 5.73 Å². The number of carbonyl (C=O) groups excluding carboxylic acids is 1. The number of hydrogen-bond acceptors (Lipinski definition) is 3. The van der Waals surface area contributed by atoms with Crippen molar-refractivity contribution in [2.45, 2.75) is 6.92 Å². The molecule has 0 fully saturated rings. The Labute approximate surface area is 117 Å². The van der Waals surface area contributed by atoms with E-state index in [4.69, 9.17) is 5.73 Å². The molecule has 3 heteroatoms. The molecule has 1 heterocycles. The van der Waals surface area contributed by atoms with Crippen LogP contribution in [0.5, 0.6) is 0 Å². The van der Waals surface area contributed by atoms with Gasteiger partial charge in [-0.1, -0.05) is 18.2 Å². The molecule has 0 amide bonds. The van der Waals surface area contributed by atoms with Gasteiger partial charge in [-0.2, -0.15) is 0 Å². The van der Waals surface area contributed by atoms with Crippen molar-refractivity contribution in [1.29, 1.82) is 0 Å². The van der Waals surface area contributed by atoms with Crippen molar-refractivity contribution in [3.05, 3.63) is 71.4 Å². The van der Waals surface area contributed by atoms with E-state index in [1.807, 2.05) is 43.3 Å². The van der Waals surface area contributed by atoms with Crippen molar-refractivity contribution >= 4 is 22.4 Å². The third-order valence-electron chi connectivity index (χ3n) is 3.30. The number of aryl methyl sites for hydroxylation is 1. The Bertz CT molecular complexity index is 809. The number of carbonyl (C=O) groups is 1. The van der Waals surface area contributed by atoms with Gasteiger partial charge < -0.3 is 5.73 Å². The number of aromatic nitrogens is 1. The smallest absolute Gasteiger partial charge is 0.195 e. The molecule has 98 valence electrons. The number of anilines is 1. The van der Waals surface area contributed by atoms with Crippen molar-refractivity contribution in [3.8, 4) is 0 Å². The van der Waals surface area contributed by atoms with E-state index in [1.54, 1.807) is 18.2 Å². The van der Waals surface area contributed by atoms with Crippen LogP contribution in [0.3, 0.4) is 0 Å². The molecule has 0 saturated heterocycles. The maximum Gasteiger partial charge on any atom is 0.195 e. The molecular weight excluding hydrogens is 248 g/mol. The van der Waals surface area contributed by atoms with E-state index in [9.17, 15) is 4.79 Å². The highest BCUT2D eigenvalue weighted by molar-refractivity contribution is 6.13. The van der Waals surface area contributed by atoms with Crippen LogP contribution in [0.1, 0.15) is 21.6 Å². The third-order valence-corrected chi connectivity index (χ3v) is 3.30. The summed E-state index contributed by atoms with van der Waals surface area (Å²) >= 11 is 0. The molecule has 2 aromatic carbocycles. The number of nitrogen functional groups attached to an aromatic ring is 1. The fraction of sp³-hybridized carbons (Fsp3) is 0.0588. The lowest BCUT2D eigenvalue weighted by Gasteiger charge is -2.06. The zero-order valence-electron chi connectivity index (χ0n) is 11.1. The van der Waals surface area contributed by atoms with E-state index < -0.39 is 0 Å². The maximum absolute atomic E-state index is 12.5. The molecule has 0 spiro atoms. The summed E-state index contributed by atoms with van der Waals surface area (Å²) in [6.07, 6.45) is 0. The second-order valence-corrected chi connectivity index (χ2v) is 4.78. The van der Waals surface area contributed by atoms with Crippen LogP contribution in [-0.2, 0) is 0 Å². The summed E-state index contributed by atoms with van der Waals surface area (Å²) in [7, 11) is 0. The summed E-state index contributed by atoms with van der Waals surface area (Å²) in [5.74, 6) is -0.0643. The predicted octanol–water partition coefficient (Wildman–Crippen LogP) is 3.36. The van der Waals surface area contributed by atoms with Gasteiger partial charge in [-0.05, 0) is 43.3 Å². The van der Waals surface area contributed by atoms with E-state index in [0.717, 1.165) is 16.6 Å². The number of nitrogens with two attached hydrogens (primary N) is 1. The average Bonchev–Trinajstić information content (AvgIpc) is 2.46. The van der Waals surface area contributed by atoms with E-state index >= 15 is 0 Å². The van der Waals surface area contributed by atoms with Gasteiger partial charge in [-0.25, -0.2) is 0 Å². The number of nitrogens with zero attached hydrogens (tertiary/aromatic N) is 1. The minimum Gasteiger partial charge on any atom is -0.398 e. The van der Waals surface area contributed by atoms with Gasteiger partial charge in [0.2, 0.25) is 0 Å². The molecule has 3 aromatic rings. The summed E-state index contributed by atoms with van der Waals surface area (Å²) < 4.78 is 0. The van der Waals surface area contributed by atoms with Gasteiger partial charge in [0, 0.05) is 27.9 Å². The number of fused-ring (bicyclic) bond motifs is 1. The molecule has 0 radical (unpaired) electrons. The van der Waals surface area contributed by atoms with Crippen molar-refractivity contribution < 1.29 is 4.79 Å². The molecular formula is C17H14N2O. The first-order chi connectivity index (χ1) is 9.65. The van der Waals surface area contributed by atoms with Gasteiger partial charge in [0.1, 0.15) is 0 Å². The molecule has 0 atom stereocenters. The van der Waals surface area contributed by atoms with Crippen molar-refractivity contribution in [1.82, 2.24) is 4.98 Å². The molecule has 0 saturated carbocycles. The largest absolute Gasteiger partial charge is 0.398 e. The monoisotopic (exact) mass is 262 g/mol. The first kappa shape index (κ1) is 12.4. The molecule has 0 unspecified atom stereocenters. The van der Waals surface area contributed by atoms with Gasteiger partial charge in [0.05, 0.1) is 5.52 Å². The van der Waals surface area contributed by atoms with Gasteiger partial charge in [-0.15, -0.1) is 0 Å². The van der Waals surface area contributed by atoms with Crippen molar-refractivity contribution in [2.24, 2.45) is 0 Å². The maximum atomic E-state index is 12.5. The third kappa shape index (κ3) is 2.14. The average molecular weight is 262 g/mol. The lowest BCUT2D eigenvalue weighted by molar-refractivity contribution is 0.103. The van der Waals surface area contributed by atoms with E-state index in [2.05, 4.69) is 4.98 Å². The minimum absolute atomic E-state index is 0.0643. The first-order valence-corrected chi connectivity index (χ1v) is 6.42. The number of pyridine rings is 1. The molecule has 3 rings (SSSR count). The van der Waals surface area contributed by atoms with E-state index in [-0.39, 0.29) is 5.78 Å². The fourth-order valence-corrected chi connectivity index (χ4v) is 2.23. The number of ketones is 1. The van der Waals surface area contributed by atoms with Crippen LogP contribution in [-0.4, -0.2) is 10.8 Å². The lowest BCUT2D eigenvalue weighted by atomic mass is 10.00. The Morgan fingerprint density at radius 3 is 2.65 bits per heavy atom.